The first-order valence-electron chi connectivity index (χ1n) is 6.54. The molecule has 0 bridgehead atoms. The first-order chi connectivity index (χ1) is 9.55. The Bertz CT molecular complexity index is 567. The van der Waals surface area contributed by atoms with Gasteiger partial charge in [0.25, 0.3) is 0 Å². The van der Waals surface area contributed by atoms with Gasteiger partial charge >= 0.3 is 0 Å². The fourth-order valence-electron chi connectivity index (χ4n) is 2.30. The van der Waals surface area contributed by atoms with Gasteiger partial charge < -0.3 is 9.69 Å². The molecule has 0 N–H and O–H groups in total. The van der Waals surface area contributed by atoms with Crippen LogP contribution < -0.4 is 4.90 Å². The standard InChI is InChI=1S/C17H18FNO/c1-17(13-20,14-6-4-3-5-7-14)12-19(2)16-10-8-15(18)9-11-16/h3-11,13H,12H2,1-2H3. The summed E-state index contributed by atoms with van der Waals surface area (Å²) >= 11 is 0. The van der Waals surface area contributed by atoms with Crippen molar-refractivity contribution in [3.63, 3.8) is 0 Å². The molecule has 0 fully saturated rings. The van der Waals surface area contributed by atoms with E-state index in [9.17, 15) is 9.18 Å². The van der Waals surface area contributed by atoms with Gasteiger partial charge in [-0.2, -0.15) is 0 Å². The van der Waals surface area contributed by atoms with E-state index in [2.05, 4.69) is 0 Å². The molecule has 0 saturated carbocycles. The van der Waals surface area contributed by atoms with Crippen molar-refractivity contribution in [2.45, 2.75) is 12.3 Å². The van der Waals surface area contributed by atoms with Crippen molar-refractivity contribution in [3.8, 4) is 0 Å². The number of halogens is 1. The summed E-state index contributed by atoms with van der Waals surface area (Å²) < 4.78 is 12.9. The van der Waals surface area contributed by atoms with E-state index in [1.54, 1.807) is 12.1 Å². The van der Waals surface area contributed by atoms with Crippen molar-refractivity contribution in [2.75, 3.05) is 18.5 Å². The Labute approximate surface area is 118 Å². The molecule has 0 aromatic heterocycles. The van der Waals surface area contributed by atoms with Gasteiger partial charge in [-0.3, -0.25) is 0 Å². The highest BCUT2D eigenvalue weighted by Crippen LogP contribution is 2.25. The molecule has 2 aromatic rings. The Balaban J connectivity index is 2.21. The lowest BCUT2D eigenvalue weighted by Crippen LogP contribution is -2.38. The van der Waals surface area contributed by atoms with Gasteiger partial charge in [-0.25, -0.2) is 4.39 Å². The third-order valence-electron chi connectivity index (χ3n) is 3.53. The second-order valence-electron chi connectivity index (χ2n) is 5.23. The monoisotopic (exact) mass is 271 g/mol. The summed E-state index contributed by atoms with van der Waals surface area (Å²) in [6.45, 7) is 2.45. The van der Waals surface area contributed by atoms with Crippen LogP contribution in [-0.2, 0) is 10.2 Å². The summed E-state index contributed by atoms with van der Waals surface area (Å²) in [6, 6.07) is 16.0. The van der Waals surface area contributed by atoms with Crippen LogP contribution in [0.5, 0.6) is 0 Å². The third-order valence-corrected chi connectivity index (χ3v) is 3.53. The third kappa shape index (κ3) is 3.05. The van der Waals surface area contributed by atoms with Crippen molar-refractivity contribution >= 4 is 12.0 Å². The molecule has 0 heterocycles. The topological polar surface area (TPSA) is 20.3 Å². The number of carbonyl (C=O) groups excluding carboxylic acids is 1. The molecule has 2 aromatic carbocycles. The molecule has 104 valence electrons. The fraction of sp³-hybridized carbons (Fsp3) is 0.235. The molecular weight excluding hydrogens is 253 g/mol. The highest BCUT2D eigenvalue weighted by Gasteiger charge is 2.27. The predicted molar refractivity (Wildman–Crippen MR) is 79.5 cm³/mol. The van der Waals surface area contributed by atoms with Gasteiger partial charge in [-0.1, -0.05) is 30.3 Å². The molecule has 0 aliphatic heterocycles. The molecule has 20 heavy (non-hydrogen) atoms. The lowest BCUT2D eigenvalue weighted by molar-refractivity contribution is -0.111. The Morgan fingerprint density at radius 1 is 1.10 bits per heavy atom. The van der Waals surface area contributed by atoms with Crippen LogP contribution in [0.3, 0.4) is 0 Å². The van der Waals surface area contributed by atoms with Crippen molar-refractivity contribution in [1.82, 2.24) is 0 Å². The Morgan fingerprint density at radius 3 is 2.25 bits per heavy atom. The molecule has 0 aliphatic carbocycles. The first kappa shape index (κ1) is 14.3. The number of carbonyl (C=O) groups is 1. The Morgan fingerprint density at radius 2 is 1.70 bits per heavy atom. The van der Waals surface area contributed by atoms with Crippen LogP contribution in [0.15, 0.2) is 54.6 Å². The minimum atomic E-state index is -0.593. The molecule has 0 radical (unpaired) electrons. The molecule has 2 rings (SSSR count). The number of rotatable bonds is 5. The van der Waals surface area contributed by atoms with E-state index in [1.807, 2.05) is 49.2 Å². The van der Waals surface area contributed by atoms with Crippen LogP contribution >= 0.6 is 0 Å². The van der Waals surface area contributed by atoms with Crippen molar-refractivity contribution in [2.24, 2.45) is 0 Å². The van der Waals surface area contributed by atoms with Crippen molar-refractivity contribution < 1.29 is 9.18 Å². The van der Waals surface area contributed by atoms with E-state index in [0.29, 0.717) is 6.54 Å². The summed E-state index contributed by atoms with van der Waals surface area (Å²) in [5.74, 6) is -0.261. The zero-order valence-corrected chi connectivity index (χ0v) is 11.7. The highest BCUT2D eigenvalue weighted by atomic mass is 19.1. The number of aldehydes is 1. The molecule has 0 saturated heterocycles. The zero-order valence-electron chi connectivity index (χ0n) is 11.7. The zero-order chi connectivity index (χ0) is 14.6. The number of likely N-dealkylation sites (N-methyl/N-ethyl adjacent to an activating group) is 1. The van der Waals surface area contributed by atoms with Gasteiger partial charge in [-0.15, -0.1) is 0 Å². The average Bonchev–Trinajstić information content (AvgIpc) is 2.48. The fourth-order valence-corrected chi connectivity index (χ4v) is 2.30. The molecule has 2 nitrogen and oxygen atoms in total. The number of nitrogens with zero attached hydrogens (tertiary/aromatic N) is 1. The number of hydrogen-bond acceptors (Lipinski definition) is 2. The predicted octanol–water partition coefficient (Wildman–Crippen LogP) is 3.42. The number of anilines is 1. The maximum absolute atomic E-state index is 12.9. The minimum Gasteiger partial charge on any atom is -0.373 e. The number of benzene rings is 2. The van der Waals surface area contributed by atoms with Gasteiger partial charge in [-0.05, 0) is 36.8 Å². The molecular formula is C17H18FNO. The van der Waals surface area contributed by atoms with Gasteiger partial charge in [0.15, 0.2) is 0 Å². The molecule has 0 spiro atoms. The van der Waals surface area contributed by atoms with Gasteiger partial charge in [0.1, 0.15) is 12.1 Å². The van der Waals surface area contributed by atoms with Gasteiger partial charge in [0, 0.05) is 19.3 Å². The van der Waals surface area contributed by atoms with Crippen LogP contribution in [-0.4, -0.2) is 19.9 Å². The minimum absolute atomic E-state index is 0.261. The highest BCUT2D eigenvalue weighted by molar-refractivity contribution is 5.69. The largest absolute Gasteiger partial charge is 0.373 e. The second kappa shape index (κ2) is 5.87. The summed E-state index contributed by atoms with van der Waals surface area (Å²) in [6.07, 6.45) is 0.975. The first-order valence-corrected chi connectivity index (χ1v) is 6.54. The van der Waals surface area contributed by atoms with E-state index in [4.69, 9.17) is 0 Å². The molecule has 0 aliphatic rings. The van der Waals surface area contributed by atoms with Crippen LogP contribution in [0.25, 0.3) is 0 Å². The van der Waals surface area contributed by atoms with Crippen LogP contribution in [0.2, 0.25) is 0 Å². The van der Waals surface area contributed by atoms with E-state index in [0.717, 1.165) is 17.5 Å². The Hall–Kier alpha value is -2.16. The summed E-state index contributed by atoms with van der Waals surface area (Å²) in [5.41, 5.74) is 1.27. The summed E-state index contributed by atoms with van der Waals surface area (Å²) in [4.78, 5) is 13.5. The summed E-state index contributed by atoms with van der Waals surface area (Å²) in [5, 5.41) is 0. The van der Waals surface area contributed by atoms with E-state index in [-0.39, 0.29) is 5.82 Å². The van der Waals surface area contributed by atoms with E-state index < -0.39 is 5.41 Å². The second-order valence-corrected chi connectivity index (χ2v) is 5.23. The summed E-state index contributed by atoms with van der Waals surface area (Å²) in [7, 11) is 1.90. The lowest BCUT2D eigenvalue weighted by Gasteiger charge is -2.30. The van der Waals surface area contributed by atoms with Crippen molar-refractivity contribution in [3.05, 3.63) is 66.0 Å². The maximum Gasteiger partial charge on any atom is 0.132 e. The van der Waals surface area contributed by atoms with Crippen LogP contribution in [0, 0.1) is 5.82 Å². The van der Waals surface area contributed by atoms with E-state index >= 15 is 0 Å². The molecule has 0 amide bonds. The normalized spacial score (nSPS) is 13.6. The smallest absolute Gasteiger partial charge is 0.132 e. The van der Waals surface area contributed by atoms with Crippen LogP contribution in [0.4, 0.5) is 10.1 Å². The Kier molecular flexibility index (Phi) is 4.18. The van der Waals surface area contributed by atoms with E-state index in [1.165, 1.54) is 12.1 Å². The molecule has 1 unspecified atom stereocenters. The number of hydrogen-bond donors (Lipinski definition) is 0. The quantitative estimate of drug-likeness (QED) is 0.777. The maximum atomic E-state index is 12.9. The van der Waals surface area contributed by atoms with Crippen LogP contribution in [0.1, 0.15) is 12.5 Å². The molecule has 3 heteroatoms. The van der Waals surface area contributed by atoms with Gasteiger partial charge in [0.05, 0.1) is 5.41 Å². The SMILES string of the molecule is CN(CC(C)(C=O)c1ccccc1)c1ccc(F)cc1. The van der Waals surface area contributed by atoms with Crippen molar-refractivity contribution in [1.29, 1.82) is 0 Å². The van der Waals surface area contributed by atoms with Gasteiger partial charge in [0.2, 0.25) is 0 Å². The molecule has 1 atom stereocenters. The lowest BCUT2D eigenvalue weighted by atomic mass is 9.83. The average molecular weight is 271 g/mol.